The van der Waals surface area contributed by atoms with Gasteiger partial charge in [0.15, 0.2) is 0 Å². The molecule has 2 rings (SSSR count). The van der Waals surface area contributed by atoms with Gasteiger partial charge in [0.05, 0.1) is 0 Å². The third kappa shape index (κ3) is 4.05. The van der Waals surface area contributed by atoms with Gasteiger partial charge in [-0.05, 0) is 61.0 Å². The van der Waals surface area contributed by atoms with Crippen molar-refractivity contribution < 1.29 is 4.39 Å². The van der Waals surface area contributed by atoms with Gasteiger partial charge in [-0.1, -0.05) is 36.7 Å². The molecule has 0 saturated carbocycles. The molecule has 1 aromatic rings. The van der Waals surface area contributed by atoms with E-state index in [0.717, 1.165) is 29.0 Å². The molecule has 2 nitrogen and oxygen atoms in total. The minimum atomic E-state index is -0.198. The Kier molecular flexibility index (Phi) is 5.44. The first-order valence-electron chi connectivity index (χ1n) is 7.72. The summed E-state index contributed by atoms with van der Waals surface area (Å²) in [5, 5.41) is 0. The quantitative estimate of drug-likeness (QED) is 0.872. The molecule has 0 spiro atoms. The highest BCUT2D eigenvalue weighted by molar-refractivity contribution is 9.10. The molecule has 0 radical (unpaired) electrons. The van der Waals surface area contributed by atoms with Crippen LogP contribution in [0.2, 0.25) is 0 Å². The molecule has 1 aliphatic heterocycles. The van der Waals surface area contributed by atoms with E-state index < -0.39 is 0 Å². The van der Waals surface area contributed by atoms with Crippen molar-refractivity contribution in [2.75, 3.05) is 19.6 Å². The largest absolute Gasteiger partial charge is 0.329 e. The van der Waals surface area contributed by atoms with Crippen molar-refractivity contribution in [3.05, 3.63) is 34.1 Å². The number of nitrogens with two attached hydrogens (primary N) is 1. The van der Waals surface area contributed by atoms with Gasteiger partial charge in [-0.25, -0.2) is 4.39 Å². The van der Waals surface area contributed by atoms with Gasteiger partial charge in [0, 0.05) is 17.1 Å². The van der Waals surface area contributed by atoms with Gasteiger partial charge >= 0.3 is 0 Å². The van der Waals surface area contributed by atoms with Crippen LogP contribution in [0.4, 0.5) is 4.39 Å². The summed E-state index contributed by atoms with van der Waals surface area (Å²) < 4.78 is 14.5. The van der Waals surface area contributed by atoms with Gasteiger partial charge in [-0.2, -0.15) is 0 Å². The summed E-state index contributed by atoms with van der Waals surface area (Å²) in [5.74, 6) is 0.555. The second-order valence-electron chi connectivity index (χ2n) is 7.09. The minimum Gasteiger partial charge on any atom is -0.329 e. The number of benzene rings is 1. The molecule has 1 unspecified atom stereocenters. The van der Waals surface area contributed by atoms with E-state index in [2.05, 4.69) is 41.6 Å². The van der Waals surface area contributed by atoms with Crippen LogP contribution in [0, 0.1) is 17.2 Å². The lowest BCUT2D eigenvalue weighted by Crippen LogP contribution is -2.42. The second kappa shape index (κ2) is 6.76. The van der Waals surface area contributed by atoms with Gasteiger partial charge in [0.2, 0.25) is 0 Å². The van der Waals surface area contributed by atoms with Crippen LogP contribution in [0.3, 0.4) is 0 Å². The fraction of sp³-hybridized carbons (Fsp3) is 0.647. The highest BCUT2D eigenvalue weighted by Gasteiger charge is 2.31. The average Bonchev–Trinajstić information content (AvgIpc) is 2.43. The predicted molar refractivity (Wildman–Crippen MR) is 89.6 cm³/mol. The van der Waals surface area contributed by atoms with E-state index in [1.54, 1.807) is 12.1 Å². The summed E-state index contributed by atoms with van der Waals surface area (Å²) in [7, 11) is 0. The molecule has 0 amide bonds. The maximum Gasteiger partial charge on any atom is 0.123 e. The molecular weight excluding hydrogens is 331 g/mol. The van der Waals surface area contributed by atoms with Crippen LogP contribution in [0.15, 0.2) is 22.7 Å². The first-order chi connectivity index (χ1) is 9.82. The van der Waals surface area contributed by atoms with Crippen LogP contribution in [0.25, 0.3) is 0 Å². The van der Waals surface area contributed by atoms with Crippen LogP contribution in [0.1, 0.15) is 45.2 Å². The molecule has 1 aliphatic rings. The Bertz CT molecular complexity index is 476. The lowest BCUT2D eigenvalue weighted by atomic mass is 9.75. The summed E-state index contributed by atoms with van der Waals surface area (Å²) in [4.78, 5) is 2.40. The van der Waals surface area contributed by atoms with Crippen LogP contribution in [-0.2, 0) is 0 Å². The van der Waals surface area contributed by atoms with Gasteiger partial charge < -0.3 is 5.73 Å². The second-order valence-corrected chi connectivity index (χ2v) is 7.95. The first kappa shape index (κ1) is 16.9. The smallest absolute Gasteiger partial charge is 0.123 e. The Morgan fingerprint density at radius 3 is 2.48 bits per heavy atom. The van der Waals surface area contributed by atoms with E-state index in [1.165, 1.54) is 18.9 Å². The third-order valence-corrected chi connectivity index (χ3v) is 5.46. The maximum atomic E-state index is 13.5. The summed E-state index contributed by atoms with van der Waals surface area (Å²) in [6.45, 7) is 9.53. The summed E-state index contributed by atoms with van der Waals surface area (Å²) in [5.41, 5.74) is 7.32. The highest BCUT2D eigenvalue weighted by atomic mass is 79.9. The van der Waals surface area contributed by atoms with Crippen LogP contribution < -0.4 is 5.73 Å². The average molecular weight is 357 g/mol. The molecule has 1 heterocycles. The molecule has 21 heavy (non-hydrogen) atoms. The zero-order valence-corrected chi connectivity index (χ0v) is 14.8. The number of piperidine rings is 1. The molecule has 0 aliphatic carbocycles. The molecule has 1 saturated heterocycles. The van der Waals surface area contributed by atoms with E-state index in [4.69, 9.17) is 5.73 Å². The summed E-state index contributed by atoms with van der Waals surface area (Å²) in [6.07, 6.45) is 2.37. The van der Waals surface area contributed by atoms with E-state index in [9.17, 15) is 4.39 Å². The maximum absolute atomic E-state index is 13.5. The molecule has 0 aromatic heterocycles. The van der Waals surface area contributed by atoms with Crippen molar-refractivity contribution in [3.8, 4) is 0 Å². The number of hydrogen-bond donors (Lipinski definition) is 1. The van der Waals surface area contributed by atoms with E-state index >= 15 is 0 Å². The topological polar surface area (TPSA) is 29.3 Å². The van der Waals surface area contributed by atoms with Crippen molar-refractivity contribution in [1.29, 1.82) is 0 Å². The van der Waals surface area contributed by atoms with E-state index in [1.807, 2.05) is 0 Å². The van der Waals surface area contributed by atoms with Gasteiger partial charge in [0.1, 0.15) is 5.82 Å². The Hall–Kier alpha value is -0.450. The minimum absolute atomic E-state index is 0.0935. The fourth-order valence-corrected chi connectivity index (χ4v) is 3.83. The molecule has 0 bridgehead atoms. The van der Waals surface area contributed by atoms with Crippen LogP contribution in [-0.4, -0.2) is 24.5 Å². The van der Waals surface area contributed by atoms with Crippen molar-refractivity contribution in [1.82, 2.24) is 4.90 Å². The standard InChI is InChI=1S/C17H26BrFN2/c1-17(2,3)12-6-8-21(9-7-12)16(11-20)14-10-13(19)4-5-15(14)18/h4-5,10,12,16H,6-9,11,20H2,1-3H3. The van der Waals surface area contributed by atoms with Gasteiger partial charge in [-0.3, -0.25) is 4.90 Å². The molecular formula is C17H26BrFN2. The van der Waals surface area contributed by atoms with Crippen molar-refractivity contribution in [3.63, 3.8) is 0 Å². The SMILES string of the molecule is CC(C)(C)C1CCN(C(CN)c2cc(F)ccc2Br)CC1. The predicted octanol–water partition coefficient (Wildman–Crippen LogP) is 4.35. The van der Waals surface area contributed by atoms with Gasteiger partial charge in [-0.15, -0.1) is 0 Å². The van der Waals surface area contributed by atoms with E-state index in [-0.39, 0.29) is 11.9 Å². The monoisotopic (exact) mass is 356 g/mol. The Labute approximate surface area is 136 Å². The normalized spacial score (nSPS) is 19.7. The third-order valence-electron chi connectivity index (χ3n) is 4.74. The molecule has 4 heteroatoms. The van der Waals surface area contributed by atoms with E-state index in [0.29, 0.717) is 12.0 Å². The molecule has 1 aromatic carbocycles. The number of likely N-dealkylation sites (tertiary alicyclic amines) is 1. The van der Waals surface area contributed by atoms with Gasteiger partial charge in [0.25, 0.3) is 0 Å². The number of hydrogen-bond acceptors (Lipinski definition) is 2. The molecule has 1 atom stereocenters. The number of halogens is 2. The number of nitrogens with zero attached hydrogens (tertiary/aromatic N) is 1. The summed E-state index contributed by atoms with van der Waals surface area (Å²) in [6, 6.07) is 4.95. The van der Waals surface area contributed by atoms with Crippen molar-refractivity contribution >= 4 is 15.9 Å². The fourth-order valence-electron chi connectivity index (χ4n) is 3.32. The lowest BCUT2D eigenvalue weighted by Gasteiger charge is -2.42. The Morgan fingerprint density at radius 1 is 1.33 bits per heavy atom. The van der Waals surface area contributed by atoms with Crippen molar-refractivity contribution in [2.24, 2.45) is 17.1 Å². The van der Waals surface area contributed by atoms with Crippen LogP contribution >= 0.6 is 15.9 Å². The first-order valence-corrected chi connectivity index (χ1v) is 8.51. The zero-order chi connectivity index (χ0) is 15.6. The highest BCUT2D eigenvalue weighted by Crippen LogP contribution is 2.37. The van der Waals surface area contributed by atoms with Crippen molar-refractivity contribution in [2.45, 2.75) is 39.7 Å². The van der Waals surface area contributed by atoms with Crippen LogP contribution in [0.5, 0.6) is 0 Å². The zero-order valence-electron chi connectivity index (χ0n) is 13.2. The molecule has 1 fully saturated rings. The lowest BCUT2D eigenvalue weighted by molar-refractivity contribution is 0.0843. The Balaban J connectivity index is 2.11. The number of rotatable bonds is 3. The molecule has 118 valence electrons. The summed E-state index contributed by atoms with van der Waals surface area (Å²) >= 11 is 3.53. The molecule has 2 N–H and O–H groups in total. The Morgan fingerprint density at radius 2 is 1.95 bits per heavy atom.